The molecule has 0 amide bonds. The molecule has 0 aromatic rings. The fourth-order valence-corrected chi connectivity index (χ4v) is 10.7. The van der Waals surface area contributed by atoms with Crippen molar-refractivity contribution in [3.8, 4) is 0 Å². The lowest BCUT2D eigenvalue weighted by atomic mass is 9.52. The number of rotatable bonds is 2. The molecule has 0 radical (unpaired) electrons. The zero-order chi connectivity index (χ0) is 29.9. The minimum atomic E-state index is -3.12. The number of ether oxygens (including phenoxy) is 1. The molecule has 3 saturated carbocycles. The molecule has 2 aliphatic heterocycles. The topological polar surface area (TPSA) is 67.4 Å². The van der Waals surface area contributed by atoms with E-state index >= 15 is 0 Å². The van der Waals surface area contributed by atoms with Crippen molar-refractivity contribution in [2.75, 3.05) is 12.8 Å². The van der Waals surface area contributed by atoms with Crippen LogP contribution in [0.15, 0.2) is 11.1 Å². The van der Waals surface area contributed by atoms with Crippen LogP contribution in [0.5, 0.6) is 0 Å². The Hall–Kier alpha value is -0.430. The zero-order valence-electron chi connectivity index (χ0n) is 27.7. The van der Waals surface area contributed by atoms with Crippen molar-refractivity contribution in [3.05, 3.63) is 11.1 Å². The van der Waals surface area contributed by atoms with Gasteiger partial charge in [-0.3, -0.25) is 0 Å². The number of hydrogen-bond acceptors (Lipinski definition) is 4. The van der Waals surface area contributed by atoms with Crippen LogP contribution in [0.25, 0.3) is 0 Å². The Bertz CT molecular complexity index is 964. The van der Waals surface area contributed by atoms with Crippen LogP contribution in [0.3, 0.4) is 0 Å². The molecule has 6 aliphatic rings. The van der Waals surface area contributed by atoms with Crippen LogP contribution < -0.4 is 10.0 Å². The minimum absolute atomic E-state index is 0.0692. The van der Waals surface area contributed by atoms with Gasteiger partial charge in [-0.1, -0.05) is 66.5 Å². The molecule has 6 heteroatoms. The first-order chi connectivity index (χ1) is 19.1. The van der Waals surface area contributed by atoms with E-state index in [-0.39, 0.29) is 11.6 Å². The molecule has 2 saturated heterocycles. The van der Waals surface area contributed by atoms with Crippen LogP contribution in [0.2, 0.25) is 0 Å². The van der Waals surface area contributed by atoms with Gasteiger partial charge in [-0.25, -0.2) is 13.1 Å². The summed E-state index contributed by atoms with van der Waals surface area (Å²) in [5.41, 5.74) is 3.88. The summed E-state index contributed by atoms with van der Waals surface area (Å²) in [6, 6.07) is 0.696. The average molecular weight is 581 g/mol. The third-order valence-electron chi connectivity index (χ3n) is 11.4. The molecular formula is C34H64N2O3S. The number of sulfonamides is 1. The first-order valence-electron chi connectivity index (χ1n) is 17.1. The number of piperidine rings is 1. The van der Waals surface area contributed by atoms with Crippen LogP contribution >= 0.6 is 0 Å². The molecule has 5 nitrogen and oxygen atoms in total. The summed E-state index contributed by atoms with van der Waals surface area (Å²) < 4.78 is 33.5. The third-order valence-corrected chi connectivity index (χ3v) is 12.1. The maximum absolute atomic E-state index is 11.8. The van der Waals surface area contributed by atoms with Crippen molar-refractivity contribution in [3.63, 3.8) is 0 Å². The molecule has 2 N–H and O–H groups in total. The lowest BCUT2D eigenvalue weighted by molar-refractivity contribution is -0.0647. The van der Waals surface area contributed by atoms with E-state index in [0.29, 0.717) is 23.5 Å². The largest absolute Gasteiger partial charge is 0.370 e. The summed E-state index contributed by atoms with van der Waals surface area (Å²) >= 11 is 0. The summed E-state index contributed by atoms with van der Waals surface area (Å²) in [6.07, 6.45) is 14.9. The number of fused-ring (bicyclic) bond motifs is 6. The maximum Gasteiger partial charge on any atom is 0.208 e. The van der Waals surface area contributed by atoms with Crippen LogP contribution in [-0.2, 0) is 14.8 Å². The van der Waals surface area contributed by atoms with Crippen LogP contribution in [0, 0.1) is 35.0 Å². The average Bonchev–Trinajstić information content (AvgIpc) is 3.45. The van der Waals surface area contributed by atoms with Gasteiger partial charge in [-0.05, 0) is 119 Å². The normalized spacial score (nSPS) is 43.8. The first-order valence-corrected chi connectivity index (χ1v) is 19.0. The lowest BCUT2D eigenvalue weighted by Crippen LogP contribution is -2.50. The third kappa shape index (κ3) is 6.86. The second-order valence-electron chi connectivity index (χ2n) is 13.6. The van der Waals surface area contributed by atoms with Gasteiger partial charge < -0.3 is 10.1 Å². The highest BCUT2D eigenvalue weighted by atomic mass is 32.2. The Labute approximate surface area is 248 Å². The van der Waals surface area contributed by atoms with Gasteiger partial charge >= 0.3 is 0 Å². The fourth-order valence-electron chi connectivity index (χ4n) is 9.85. The minimum Gasteiger partial charge on any atom is -0.370 e. The Morgan fingerprint density at radius 1 is 0.975 bits per heavy atom. The van der Waals surface area contributed by atoms with Crippen molar-refractivity contribution >= 4 is 10.0 Å². The Morgan fingerprint density at radius 3 is 2.35 bits per heavy atom. The smallest absolute Gasteiger partial charge is 0.208 e. The van der Waals surface area contributed by atoms with Gasteiger partial charge in [0.15, 0.2) is 0 Å². The summed E-state index contributed by atoms with van der Waals surface area (Å²) in [4.78, 5) is 0. The van der Waals surface area contributed by atoms with Gasteiger partial charge in [-0.2, -0.15) is 0 Å². The molecule has 40 heavy (non-hydrogen) atoms. The van der Waals surface area contributed by atoms with Crippen LogP contribution in [0.4, 0.5) is 0 Å². The highest BCUT2D eigenvalue weighted by molar-refractivity contribution is 7.88. The second-order valence-corrected chi connectivity index (χ2v) is 15.4. The maximum atomic E-state index is 11.8. The predicted octanol–water partition coefficient (Wildman–Crippen LogP) is 7.86. The molecule has 8 unspecified atom stereocenters. The summed E-state index contributed by atoms with van der Waals surface area (Å²) in [7, 11) is -3.12. The van der Waals surface area contributed by atoms with E-state index in [1.54, 1.807) is 11.1 Å². The van der Waals surface area contributed by atoms with Crippen molar-refractivity contribution in [2.45, 2.75) is 157 Å². The standard InChI is InChI=1S/C28H46N2O3S.3C2H6/c1-17-11-26-25(29-16-17)15-28(33-26)10-8-21-22-6-5-19-12-20(30-34(4,31)32)7-9-27(19,3)24(22)13-23(21)18(2)14-28;3*1-2/h17,19-22,24-26,29-30H,5-16H2,1-4H3;3*1-2H3/t17?,19?,20?,21?,22?,24?,25-,26+,27?,28?;;;/m0.../s1. The summed E-state index contributed by atoms with van der Waals surface area (Å²) in [5.74, 6) is 3.74. The second kappa shape index (κ2) is 13.9. The quantitative estimate of drug-likeness (QED) is 0.326. The van der Waals surface area contributed by atoms with E-state index in [0.717, 1.165) is 49.5 Å². The molecule has 4 aliphatic carbocycles. The summed E-state index contributed by atoms with van der Waals surface area (Å²) in [5, 5.41) is 3.80. The van der Waals surface area contributed by atoms with Crippen molar-refractivity contribution in [2.24, 2.45) is 35.0 Å². The molecule has 6 rings (SSSR count). The van der Waals surface area contributed by atoms with Crippen LogP contribution in [0.1, 0.15) is 133 Å². The van der Waals surface area contributed by atoms with Gasteiger partial charge in [0.2, 0.25) is 10.0 Å². The Balaban J connectivity index is 0.000000691. The van der Waals surface area contributed by atoms with Gasteiger partial charge in [-0.15, -0.1) is 0 Å². The van der Waals surface area contributed by atoms with Gasteiger partial charge in [0.05, 0.1) is 18.0 Å². The molecule has 10 atom stereocenters. The van der Waals surface area contributed by atoms with E-state index in [4.69, 9.17) is 4.74 Å². The molecule has 2 heterocycles. The highest BCUT2D eigenvalue weighted by Gasteiger charge is 2.57. The van der Waals surface area contributed by atoms with E-state index in [1.165, 1.54) is 57.6 Å². The fraction of sp³-hybridized carbons (Fsp3) is 0.941. The SMILES string of the molecule is CC.CC.CC.CC1=C2CC3C(CCC4CC(NS(C)(=O)=O)CCC43C)C2CCC2(C1)C[C@@H]1NCC(C)C[C@H]1O2. The van der Waals surface area contributed by atoms with Crippen molar-refractivity contribution < 1.29 is 13.2 Å². The number of allylic oxidation sites excluding steroid dienone is 1. The van der Waals surface area contributed by atoms with E-state index < -0.39 is 10.0 Å². The molecule has 1 spiro atoms. The van der Waals surface area contributed by atoms with E-state index in [2.05, 4.69) is 30.8 Å². The molecule has 0 bridgehead atoms. The predicted molar refractivity (Wildman–Crippen MR) is 170 cm³/mol. The summed E-state index contributed by atoms with van der Waals surface area (Å²) in [6.45, 7) is 20.5. The Morgan fingerprint density at radius 2 is 1.68 bits per heavy atom. The van der Waals surface area contributed by atoms with Gasteiger partial charge in [0.1, 0.15) is 0 Å². The number of hydrogen-bond donors (Lipinski definition) is 2. The monoisotopic (exact) mass is 580 g/mol. The molecule has 0 aromatic heterocycles. The first kappa shape index (κ1) is 34.1. The van der Waals surface area contributed by atoms with Crippen molar-refractivity contribution in [1.29, 1.82) is 0 Å². The lowest BCUT2D eigenvalue weighted by Gasteiger charge is -2.54. The molecule has 0 aromatic carbocycles. The molecule has 234 valence electrons. The van der Waals surface area contributed by atoms with Crippen LogP contribution in [-0.4, -0.2) is 45.0 Å². The van der Waals surface area contributed by atoms with Crippen molar-refractivity contribution in [1.82, 2.24) is 10.0 Å². The van der Waals surface area contributed by atoms with E-state index in [1.807, 2.05) is 41.5 Å². The highest BCUT2D eigenvalue weighted by Crippen LogP contribution is 2.65. The molecule has 5 fully saturated rings. The van der Waals surface area contributed by atoms with Gasteiger partial charge in [0, 0.05) is 12.1 Å². The molecular weight excluding hydrogens is 516 g/mol. The number of nitrogens with one attached hydrogen (secondary N) is 2. The van der Waals surface area contributed by atoms with Gasteiger partial charge in [0.25, 0.3) is 0 Å². The Kier molecular flexibility index (Phi) is 11.8. The van der Waals surface area contributed by atoms with E-state index in [9.17, 15) is 8.42 Å². The zero-order valence-corrected chi connectivity index (χ0v) is 28.6.